The minimum absolute atomic E-state index is 0.163. The van der Waals surface area contributed by atoms with Gasteiger partial charge < -0.3 is 0 Å². The Balaban J connectivity index is 2.59. The molecule has 0 radical (unpaired) electrons. The first-order chi connectivity index (χ1) is 8.32. The summed E-state index contributed by atoms with van der Waals surface area (Å²) in [5.74, 6) is -0.176. The van der Waals surface area contributed by atoms with E-state index in [9.17, 15) is 13.2 Å². The number of rotatable bonds is 2. The SMILES string of the molecule is Cc1ccc(C)c(S(=O)(=O)C2(C#N)CC(=O)C2)c1. The van der Waals surface area contributed by atoms with Crippen LogP contribution < -0.4 is 0 Å². The van der Waals surface area contributed by atoms with Crippen molar-refractivity contribution in [2.75, 3.05) is 0 Å². The standard InChI is InChI=1S/C13H13NO3S/c1-9-3-4-10(2)12(5-9)18(16,17)13(8-14)6-11(15)7-13/h3-5H,6-7H2,1-2H3. The van der Waals surface area contributed by atoms with Crippen LogP contribution >= 0.6 is 0 Å². The zero-order valence-electron chi connectivity index (χ0n) is 10.2. The molecule has 0 aliphatic heterocycles. The number of nitrogens with zero attached hydrogens (tertiary/aromatic N) is 1. The van der Waals surface area contributed by atoms with Gasteiger partial charge in [0.2, 0.25) is 0 Å². The molecule has 1 aromatic rings. The molecule has 0 saturated heterocycles. The molecule has 1 aromatic carbocycles. The van der Waals surface area contributed by atoms with E-state index in [1.807, 2.05) is 12.1 Å². The van der Waals surface area contributed by atoms with E-state index in [1.165, 1.54) is 0 Å². The third kappa shape index (κ3) is 1.65. The predicted molar refractivity (Wildman–Crippen MR) is 65.7 cm³/mol. The Labute approximate surface area is 106 Å². The highest BCUT2D eigenvalue weighted by Gasteiger charge is 2.55. The fourth-order valence-electron chi connectivity index (χ4n) is 2.12. The maximum atomic E-state index is 12.5. The summed E-state index contributed by atoms with van der Waals surface area (Å²) in [5.41, 5.74) is 1.42. The Kier molecular flexibility index (Phi) is 2.78. The average Bonchev–Trinajstić information content (AvgIpc) is 2.27. The van der Waals surface area contributed by atoms with Gasteiger partial charge in [-0.2, -0.15) is 5.26 Å². The quantitative estimate of drug-likeness (QED) is 0.814. The molecule has 2 rings (SSSR count). The van der Waals surface area contributed by atoms with Crippen molar-refractivity contribution in [3.8, 4) is 6.07 Å². The van der Waals surface area contributed by atoms with Crippen molar-refractivity contribution >= 4 is 15.6 Å². The Bertz CT molecular complexity index is 660. The predicted octanol–water partition coefficient (Wildman–Crippen LogP) is 1.70. The topological polar surface area (TPSA) is 75.0 Å². The number of Topliss-reactive ketones (excluding diaryl/α,β-unsaturated/α-hetero) is 1. The van der Waals surface area contributed by atoms with E-state index in [1.54, 1.807) is 26.0 Å². The van der Waals surface area contributed by atoms with Gasteiger partial charge in [-0.15, -0.1) is 0 Å². The normalized spacial score (nSPS) is 17.9. The summed E-state index contributed by atoms with van der Waals surface area (Å²) in [6.07, 6.45) is -0.390. The molecule has 1 fully saturated rings. The van der Waals surface area contributed by atoms with Crippen LogP contribution in [0.25, 0.3) is 0 Å². The molecule has 94 valence electrons. The fourth-order valence-corrected chi connectivity index (χ4v) is 4.20. The van der Waals surface area contributed by atoms with Gasteiger partial charge in [0.15, 0.2) is 14.6 Å². The van der Waals surface area contributed by atoms with Crippen LogP contribution in [0.3, 0.4) is 0 Å². The van der Waals surface area contributed by atoms with E-state index in [0.29, 0.717) is 5.56 Å². The van der Waals surface area contributed by atoms with E-state index in [0.717, 1.165) is 5.56 Å². The summed E-state index contributed by atoms with van der Waals surface area (Å²) < 4.78 is 23.5. The minimum Gasteiger partial charge on any atom is -0.300 e. The van der Waals surface area contributed by atoms with Gasteiger partial charge >= 0.3 is 0 Å². The fraction of sp³-hybridized carbons (Fsp3) is 0.385. The Hall–Kier alpha value is -1.67. The lowest BCUT2D eigenvalue weighted by Gasteiger charge is -2.33. The summed E-state index contributed by atoms with van der Waals surface area (Å²) >= 11 is 0. The lowest BCUT2D eigenvalue weighted by molar-refractivity contribution is -0.124. The number of ketones is 1. The monoisotopic (exact) mass is 263 g/mol. The number of hydrogen-bond donors (Lipinski definition) is 0. The van der Waals surface area contributed by atoms with Crippen molar-refractivity contribution in [2.24, 2.45) is 0 Å². The van der Waals surface area contributed by atoms with Crippen LogP contribution in [0.15, 0.2) is 23.1 Å². The van der Waals surface area contributed by atoms with Crippen LogP contribution in [0.5, 0.6) is 0 Å². The molecule has 1 aliphatic carbocycles. The summed E-state index contributed by atoms with van der Waals surface area (Å²) in [5, 5.41) is 9.13. The van der Waals surface area contributed by atoms with E-state index in [2.05, 4.69) is 0 Å². The smallest absolute Gasteiger partial charge is 0.198 e. The number of carbonyl (C=O) groups is 1. The van der Waals surface area contributed by atoms with Crippen molar-refractivity contribution < 1.29 is 13.2 Å². The van der Waals surface area contributed by atoms with Crippen molar-refractivity contribution in [1.82, 2.24) is 0 Å². The number of aryl methyl sites for hydroxylation is 2. The zero-order valence-corrected chi connectivity index (χ0v) is 11.0. The van der Waals surface area contributed by atoms with Crippen LogP contribution in [-0.4, -0.2) is 18.9 Å². The van der Waals surface area contributed by atoms with Crippen LogP contribution in [0.4, 0.5) is 0 Å². The van der Waals surface area contributed by atoms with Crippen molar-refractivity contribution in [1.29, 1.82) is 5.26 Å². The van der Waals surface area contributed by atoms with Crippen LogP contribution in [0.1, 0.15) is 24.0 Å². The molecule has 0 amide bonds. The first-order valence-corrected chi connectivity index (χ1v) is 7.05. The molecule has 0 unspecified atom stereocenters. The minimum atomic E-state index is -3.78. The van der Waals surface area contributed by atoms with Gasteiger partial charge in [-0.1, -0.05) is 12.1 Å². The van der Waals surface area contributed by atoms with Crippen LogP contribution in [0, 0.1) is 25.2 Å². The van der Waals surface area contributed by atoms with E-state index in [-0.39, 0.29) is 23.5 Å². The second-order valence-electron chi connectivity index (χ2n) is 4.77. The summed E-state index contributed by atoms with van der Waals surface area (Å²) in [6, 6.07) is 6.92. The van der Waals surface area contributed by atoms with Gasteiger partial charge in [0.25, 0.3) is 0 Å². The van der Waals surface area contributed by atoms with Crippen LogP contribution in [0.2, 0.25) is 0 Å². The van der Waals surface area contributed by atoms with Crippen LogP contribution in [-0.2, 0) is 14.6 Å². The first-order valence-electron chi connectivity index (χ1n) is 5.57. The molecule has 0 N–H and O–H groups in total. The van der Waals surface area contributed by atoms with Crippen molar-refractivity contribution in [3.63, 3.8) is 0 Å². The number of hydrogen-bond acceptors (Lipinski definition) is 4. The molecule has 0 atom stereocenters. The maximum Gasteiger partial charge on any atom is 0.198 e. The Morgan fingerprint density at radius 3 is 2.39 bits per heavy atom. The van der Waals surface area contributed by atoms with Gasteiger partial charge in [-0.25, -0.2) is 8.42 Å². The summed E-state index contributed by atoms with van der Waals surface area (Å²) in [4.78, 5) is 11.3. The molecular weight excluding hydrogens is 250 g/mol. The van der Waals surface area contributed by atoms with Gasteiger partial charge in [-0.3, -0.25) is 4.79 Å². The van der Waals surface area contributed by atoms with E-state index in [4.69, 9.17) is 5.26 Å². The molecule has 0 bridgehead atoms. The van der Waals surface area contributed by atoms with Crippen molar-refractivity contribution in [2.45, 2.75) is 36.3 Å². The summed E-state index contributed by atoms with van der Waals surface area (Å²) in [6.45, 7) is 3.49. The molecule has 0 spiro atoms. The maximum absolute atomic E-state index is 12.5. The third-order valence-corrected chi connectivity index (χ3v) is 5.74. The Morgan fingerprint density at radius 1 is 1.28 bits per heavy atom. The van der Waals surface area contributed by atoms with Gasteiger partial charge in [0.05, 0.1) is 11.0 Å². The molecular formula is C13H13NO3S. The number of sulfone groups is 1. The van der Waals surface area contributed by atoms with Gasteiger partial charge in [0.1, 0.15) is 5.78 Å². The number of carbonyl (C=O) groups excluding carboxylic acids is 1. The number of nitriles is 1. The third-order valence-electron chi connectivity index (χ3n) is 3.32. The lowest BCUT2D eigenvalue weighted by atomic mass is 9.84. The van der Waals surface area contributed by atoms with Gasteiger partial charge in [0, 0.05) is 12.8 Å². The highest BCUT2D eigenvalue weighted by Crippen LogP contribution is 2.41. The second-order valence-corrected chi connectivity index (χ2v) is 7.00. The van der Waals surface area contributed by atoms with Gasteiger partial charge in [-0.05, 0) is 31.0 Å². The highest BCUT2D eigenvalue weighted by molar-refractivity contribution is 7.93. The van der Waals surface area contributed by atoms with E-state index >= 15 is 0 Å². The molecule has 18 heavy (non-hydrogen) atoms. The average molecular weight is 263 g/mol. The molecule has 0 aromatic heterocycles. The first kappa shape index (κ1) is 12.8. The molecule has 1 saturated carbocycles. The summed E-state index contributed by atoms with van der Waals surface area (Å²) in [7, 11) is -3.78. The second kappa shape index (κ2) is 3.92. The van der Waals surface area contributed by atoms with Crippen molar-refractivity contribution in [3.05, 3.63) is 29.3 Å². The molecule has 1 aliphatic rings. The molecule has 5 heteroatoms. The highest BCUT2D eigenvalue weighted by atomic mass is 32.2. The zero-order chi connectivity index (χ0) is 13.6. The Morgan fingerprint density at radius 2 is 1.89 bits per heavy atom. The molecule has 4 nitrogen and oxygen atoms in total. The largest absolute Gasteiger partial charge is 0.300 e. The van der Waals surface area contributed by atoms with E-state index < -0.39 is 14.6 Å². The lowest BCUT2D eigenvalue weighted by Crippen LogP contribution is -2.49. The number of benzene rings is 1. The molecule has 0 heterocycles.